The normalized spacial score (nSPS) is 14.3. The van der Waals surface area contributed by atoms with E-state index in [9.17, 15) is 0 Å². The van der Waals surface area contributed by atoms with E-state index in [1.54, 1.807) is 0 Å². The molecule has 0 fully saturated rings. The Hall–Kier alpha value is -9.90. The smallest absolute Gasteiger partial charge is 0.0904 e. The molecule has 4 aliphatic carbocycles. The van der Waals surface area contributed by atoms with Crippen LogP contribution in [0.3, 0.4) is 0 Å². The molecule has 350 valence electrons. The summed E-state index contributed by atoms with van der Waals surface area (Å²) in [5.41, 5.74) is 28.4. The molecule has 18 rings (SSSR count). The summed E-state index contributed by atoms with van der Waals surface area (Å²) in [6.07, 6.45) is 3.95. The molecule has 76 heavy (non-hydrogen) atoms. The third-order valence-corrected chi connectivity index (χ3v) is 17.8. The second kappa shape index (κ2) is 14.4. The Kier molecular flexibility index (Phi) is 7.71. The van der Waals surface area contributed by atoms with Gasteiger partial charge in [-0.1, -0.05) is 182 Å². The van der Waals surface area contributed by atoms with Crippen molar-refractivity contribution in [3.63, 3.8) is 0 Å². The van der Waals surface area contributed by atoms with Crippen LogP contribution in [-0.4, -0.2) is 19.1 Å². The quantitative estimate of drug-likeness (QED) is 0.177. The van der Waals surface area contributed by atoms with Crippen molar-refractivity contribution >= 4 is 43.6 Å². The number of aromatic nitrogens is 4. The number of benzene rings is 10. The zero-order valence-electron chi connectivity index (χ0n) is 41.0. The summed E-state index contributed by atoms with van der Waals surface area (Å²) in [6, 6.07) is 90.3. The van der Waals surface area contributed by atoms with Crippen molar-refractivity contribution in [1.29, 1.82) is 0 Å². The molecule has 0 atom stereocenters. The van der Waals surface area contributed by atoms with Crippen molar-refractivity contribution in [1.82, 2.24) is 19.1 Å². The monoisotopic (exact) mass is 962 g/mol. The van der Waals surface area contributed by atoms with Crippen molar-refractivity contribution < 1.29 is 0 Å². The molecule has 4 nitrogen and oxygen atoms in total. The maximum atomic E-state index is 5.28. The number of rotatable bonds is 3. The number of pyridine rings is 2. The van der Waals surface area contributed by atoms with Gasteiger partial charge in [-0.3, -0.25) is 9.97 Å². The van der Waals surface area contributed by atoms with E-state index in [2.05, 4.69) is 252 Å². The lowest BCUT2D eigenvalue weighted by molar-refractivity contribution is 0.767. The number of nitrogens with zero attached hydrogens (tertiary/aromatic N) is 4. The molecule has 0 saturated carbocycles. The minimum Gasteiger partial charge on any atom is -0.309 e. The van der Waals surface area contributed by atoms with Crippen LogP contribution in [0.5, 0.6) is 0 Å². The van der Waals surface area contributed by atoms with E-state index in [1.807, 2.05) is 12.4 Å². The first-order chi connectivity index (χ1) is 37.7. The van der Waals surface area contributed by atoms with Gasteiger partial charge in [0.15, 0.2) is 0 Å². The maximum absolute atomic E-state index is 5.28. The number of hydrogen-bond acceptors (Lipinski definition) is 2. The highest BCUT2D eigenvalue weighted by molar-refractivity contribution is 6.17. The highest BCUT2D eigenvalue weighted by Crippen LogP contribution is 2.66. The van der Waals surface area contributed by atoms with E-state index in [-0.39, 0.29) is 0 Å². The Morgan fingerprint density at radius 1 is 0.263 bits per heavy atom. The Balaban J connectivity index is 0.777. The minimum atomic E-state index is -0.553. The van der Waals surface area contributed by atoms with Gasteiger partial charge in [-0.05, 0) is 139 Å². The molecule has 10 aromatic carbocycles. The molecule has 0 bridgehead atoms. The van der Waals surface area contributed by atoms with Crippen LogP contribution in [-0.2, 0) is 10.8 Å². The van der Waals surface area contributed by atoms with Gasteiger partial charge in [0.05, 0.1) is 44.3 Å². The average Bonchev–Trinajstić information content (AvgIpc) is 3.68. The first-order valence-electron chi connectivity index (χ1n) is 26.4. The highest BCUT2D eigenvalue weighted by Gasteiger charge is 2.55. The standard InChI is InChI=1S/C72H42N4/c1-7-23-57-47(15-1)48-16-2-8-24-58(48)71(57)67-51(53-21-13-41-73-69(53)71)37-39-63-65(67)55-19-5-11-27-61(55)75(63)45-33-29-43(30-34-45)44-31-35-46(36-32-44)76-62-28-12-6-20-56(62)66-64(76)40-38-52-54-22-14-42-74-70(54)72(68(52)66)59-25-9-3-17-49(59)50-18-4-10-26-60(50)72/h1-42H. The third kappa shape index (κ3) is 4.74. The van der Waals surface area contributed by atoms with Gasteiger partial charge in [0.25, 0.3) is 0 Å². The maximum Gasteiger partial charge on any atom is 0.0904 e. The Bertz CT molecular complexity index is 4440. The van der Waals surface area contributed by atoms with Gasteiger partial charge in [-0.25, -0.2) is 0 Å². The average molecular weight is 963 g/mol. The van der Waals surface area contributed by atoms with Crippen LogP contribution < -0.4 is 0 Å². The summed E-state index contributed by atoms with van der Waals surface area (Å²) < 4.78 is 4.93. The summed E-state index contributed by atoms with van der Waals surface area (Å²) >= 11 is 0. The van der Waals surface area contributed by atoms with E-state index >= 15 is 0 Å². The molecule has 0 aliphatic heterocycles. The minimum absolute atomic E-state index is 0.553. The van der Waals surface area contributed by atoms with E-state index in [1.165, 1.54) is 133 Å². The molecule has 4 aromatic heterocycles. The molecule has 0 N–H and O–H groups in total. The van der Waals surface area contributed by atoms with Crippen LogP contribution in [0.1, 0.15) is 44.8 Å². The molecular weight excluding hydrogens is 921 g/mol. The topological polar surface area (TPSA) is 35.6 Å². The molecule has 14 aromatic rings. The lowest BCUT2D eigenvalue weighted by atomic mass is 9.71. The lowest BCUT2D eigenvalue weighted by Gasteiger charge is -2.30. The second-order valence-corrected chi connectivity index (χ2v) is 21.0. The fourth-order valence-corrected chi connectivity index (χ4v) is 15.1. The number of fused-ring (bicyclic) bond motifs is 28. The van der Waals surface area contributed by atoms with Crippen LogP contribution >= 0.6 is 0 Å². The second-order valence-electron chi connectivity index (χ2n) is 21.0. The molecule has 0 amide bonds. The number of para-hydroxylation sites is 2. The Labute approximate surface area is 438 Å². The Morgan fingerprint density at radius 3 is 1.00 bits per heavy atom. The summed E-state index contributed by atoms with van der Waals surface area (Å²) in [4.78, 5) is 10.6. The molecule has 0 radical (unpaired) electrons. The van der Waals surface area contributed by atoms with Gasteiger partial charge in [-0.15, -0.1) is 0 Å². The first kappa shape index (κ1) is 40.6. The van der Waals surface area contributed by atoms with Crippen LogP contribution in [0, 0.1) is 0 Å². The van der Waals surface area contributed by atoms with E-state index in [4.69, 9.17) is 9.97 Å². The predicted molar refractivity (Wildman–Crippen MR) is 309 cm³/mol. The molecule has 4 heteroatoms. The van der Waals surface area contributed by atoms with Crippen LogP contribution in [0.25, 0.3) is 111 Å². The lowest BCUT2D eigenvalue weighted by Crippen LogP contribution is -2.27. The molecule has 4 aliphatic rings. The van der Waals surface area contributed by atoms with Crippen LogP contribution in [0.4, 0.5) is 0 Å². The number of hydrogen-bond donors (Lipinski definition) is 0. The van der Waals surface area contributed by atoms with Gasteiger partial charge < -0.3 is 9.13 Å². The van der Waals surface area contributed by atoms with Crippen molar-refractivity contribution in [2.45, 2.75) is 10.8 Å². The van der Waals surface area contributed by atoms with Crippen molar-refractivity contribution in [2.75, 3.05) is 0 Å². The molecule has 2 spiro atoms. The zero-order valence-corrected chi connectivity index (χ0v) is 41.0. The first-order valence-corrected chi connectivity index (χ1v) is 26.4. The fourth-order valence-electron chi connectivity index (χ4n) is 15.1. The van der Waals surface area contributed by atoms with Gasteiger partial charge in [-0.2, -0.15) is 0 Å². The van der Waals surface area contributed by atoms with Crippen LogP contribution in [0.15, 0.2) is 255 Å². The van der Waals surface area contributed by atoms with E-state index < -0.39 is 10.8 Å². The molecule has 0 unspecified atom stereocenters. The molecular formula is C72H42N4. The van der Waals surface area contributed by atoms with Crippen molar-refractivity contribution in [3.8, 4) is 67.0 Å². The van der Waals surface area contributed by atoms with Crippen molar-refractivity contribution in [2.24, 2.45) is 0 Å². The predicted octanol–water partition coefficient (Wildman–Crippen LogP) is 17.0. The Morgan fingerprint density at radius 2 is 0.605 bits per heavy atom. The van der Waals surface area contributed by atoms with Gasteiger partial charge >= 0.3 is 0 Å². The van der Waals surface area contributed by atoms with Gasteiger partial charge in [0, 0.05) is 56.4 Å². The van der Waals surface area contributed by atoms with E-state index in [0.717, 1.165) is 22.8 Å². The zero-order chi connectivity index (χ0) is 49.4. The van der Waals surface area contributed by atoms with Gasteiger partial charge in [0.2, 0.25) is 0 Å². The summed E-state index contributed by atoms with van der Waals surface area (Å²) in [7, 11) is 0. The summed E-state index contributed by atoms with van der Waals surface area (Å²) in [5.74, 6) is 0. The van der Waals surface area contributed by atoms with Gasteiger partial charge in [0.1, 0.15) is 0 Å². The largest absolute Gasteiger partial charge is 0.309 e. The van der Waals surface area contributed by atoms with Crippen LogP contribution in [0.2, 0.25) is 0 Å². The molecule has 0 saturated heterocycles. The SMILES string of the molecule is c1ccc2c(c1)-c1ccccc1C21c2ncccc2-c2ccc3c(c21)c1ccccc1n3-c1ccc(-c2ccc(-n3c4ccccc4c4c5c(ccc43)-c3cccnc3C53c4ccccc4-c4ccccc43)cc2)cc1. The third-order valence-electron chi connectivity index (χ3n) is 17.8. The fraction of sp³-hybridized carbons (Fsp3) is 0.0278. The van der Waals surface area contributed by atoms with E-state index in [0.29, 0.717) is 0 Å². The summed E-state index contributed by atoms with van der Waals surface area (Å²) in [5, 5.41) is 5.04. The van der Waals surface area contributed by atoms with Crippen molar-refractivity contribution in [3.05, 3.63) is 300 Å². The highest BCUT2D eigenvalue weighted by atomic mass is 15.0. The molecule has 4 heterocycles. The summed E-state index contributed by atoms with van der Waals surface area (Å²) in [6.45, 7) is 0.